The van der Waals surface area contributed by atoms with Gasteiger partial charge in [0.25, 0.3) is 5.91 Å². The van der Waals surface area contributed by atoms with Gasteiger partial charge < -0.3 is 19.7 Å². The lowest BCUT2D eigenvalue weighted by atomic mass is 10.0. The third-order valence-electron chi connectivity index (χ3n) is 4.66. The van der Waals surface area contributed by atoms with Crippen LogP contribution in [0.3, 0.4) is 0 Å². The van der Waals surface area contributed by atoms with E-state index >= 15 is 0 Å². The number of hydrogen-bond acceptors (Lipinski definition) is 5. The molecule has 24 heavy (non-hydrogen) atoms. The Hall–Kier alpha value is -1.66. The van der Waals surface area contributed by atoms with Crippen molar-refractivity contribution in [1.82, 2.24) is 9.88 Å². The fourth-order valence-electron chi connectivity index (χ4n) is 3.16. The number of hydrogen-bond donors (Lipinski definition) is 1. The summed E-state index contributed by atoms with van der Waals surface area (Å²) >= 11 is 0. The smallest absolute Gasteiger partial charge is 0.272 e. The van der Waals surface area contributed by atoms with E-state index in [4.69, 9.17) is 9.47 Å². The Morgan fingerprint density at radius 2 is 2.04 bits per heavy atom. The maximum absolute atomic E-state index is 12.7. The van der Waals surface area contributed by atoms with Gasteiger partial charge in [0.05, 0.1) is 13.2 Å². The van der Waals surface area contributed by atoms with Gasteiger partial charge in [-0.15, -0.1) is 0 Å². The van der Waals surface area contributed by atoms with Crippen molar-refractivity contribution < 1.29 is 14.3 Å². The summed E-state index contributed by atoms with van der Waals surface area (Å²) in [6, 6.07) is 3.75. The molecule has 6 heteroatoms. The van der Waals surface area contributed by atoms with E-state index in [-0.39, 0.29) is 5.91 Å². The molecule has 1 aromatic rings. The first-order chi connectivity index (χ1) is 11.6. The molecule has 132 valence electrons. The Morgan fingerprint density at radius 1 is 1.33 bits per heavy atom. The van der Waals surface area contributed by atoms with Crippen LogP contribution in [0.15, 0.2) is 18.3 Å². The lowest BCUT2D eigenvalue weighted by molar-refractivity contribution is -0.181. The van der Waals surface area contributed by atoms with Crippen LogP contribution in [-0.2, 0) is 9.47 Å². The monoisotopic (exact) mass is 333 g/mol. The molecule has 0 atom stereocenters. The molecule has 3 heterocycles. The third-order valence-corrected chi connectivity index (χ3v) is 4.66. The average Bonchev–Trinajstić information content (AvgIpc) is 3.03. The van der Waals surface area contributed by atoms with Crippen LogP contribution >= 0.6 is 0 Å². The van der Waals surface area contributed by atoms with Crippen LogP contribution in [0.5, 0.6) is 0 Å². The molecule has 2 saturated heterocycles. The van der Waals surface area contributed by atoms with Crippen molar-refractivity contribution in [2.75, 3.05) is 38.2 Å². The van der Waals surface area contributed by atoms with Gasteiger partial charge in [0.1, 0.15) is 5.69 Å². The number of ether oxygens (including phenoxy) is 2. The number of likely N-dealkylation sites (tertiary alicyclic amines) is 1. The van der Waals surface area contributed by atoms with Gasteiger partial charge in [0, 0.05) is 44.4 Å². The van der Waals surface area contributed by atoms with E-state index in [0.29, 0.717) is 37.9 Å². The molecule has 2 aliphatic rings. The summed E-state index contributed by atoms with van der Waals surface area (Å²) in [5.41, 5.74) is 1.44. The number of pyridine rings is 1. The molecule has 1 aromatic heterocycles. The number of piperidine rings is 1. The Balaban J connectivity index is 1.57. The number of nitrogens with one attached hydrogen (secondary N) is 1. The standard InChI is InChI=1S/C18H27N3O3/c1-14(2)3-7-19-15-4-8-20-16(13-15)17(22)21-9-5-18(6-10-21)23-11-12-24-18/h4,8,13-14H,3,5-7,9-12H2,1-2H3,(H,19,20). The molecule has 2 aliphatic heterocycles. The third kappa shape index (κ3) is 4.05. The van der Waals surface area contributed by atoms with Crippen molar-refractivity contribution in [2.24, 2.45) is 5.92 Å². The summed E-state index contributed by atoms with van der Waals surface area (Å²) in [6.07, 6.45) is 4.25. The highest BCUT2D eigenvalue weighted by Crippen LogP contribution is 2.31. The van der Waals surface area contributed by atoms with Crippen molar-refractivity contribution in [3.8, 4) is 0 Å². The van der Waals surface area contributed by atoms with Gasteiger partial charge >= 0.3 is 0 Å². The second-order valence-electron chi connectivity index (χ2n) is 6.94. The fraction of sp³-hybridized carbons (Fsp3) is 0.667. The minimum Gasteiger partial charge on any atom is -0.385 e. The molecule has 1 N–H and O–H groups in total. The number of aromatic nitrogens is 1. The topological polar surface area (TPSA) is 63.7 Å². The van der Waals surface area contributed by atoms with Crippen LogP contribution in [0, 0.1) is 5.92 Å². The first kappa shape index (κ1) is 17.2. The zero-order valence-corrected chi connectivity index (χ0v) is 14.6. The van der Waals surface area contributed by atoms with Crippen molar-refractivity contribution in [3.63, 3.8) is 0 Å². The second-order valence-corrected chi connectivity index (χ2v) is 6.94. The minimum absolute atomic E-state index is 0.0182. The Morgan fingerprint density at radius 3 is 2.71 bits per heavy atom. The highest BCUT2D eigenvalue weighted by Gasteiger charge is 2.41. The lowest BCUT2D eigenvalue weighted by Gasteiger charge is -2.37. The van der Waals surface area contributed by atoms with Crippen LogP contribution in [0.25, 0.3) is 0 Å². The van der Waals surface area contributed by atoms with E-state index in [1.807, 2.05) is 17.0 Å². The Kier molecular flexibility index (Phi) is 5.36. The molecule has 3 rings (SSSR count). The van der Waals surface area contributed by atoms with E-state index < -0.39 is 5.79 Å². The van der Waals surface area contributed by atoms with Crippen LogP contribution in [0.1, 0.15) is 43.6 Å². The number of carbonyl (C=O) groups is 1. The number of carbonyl (C=O) groups excluding carboxylic acids is 1. The van der Waals surface area contributed by atoms with E-state index in [1.165, 1.54) is 0 Å². The molecule has 0 unspecified atom stereocenters. The highest BCUT2D eigenvalue weighted by molar-refractivity contribution is 5.93. The van der Waals surface area contributed by atoms with Gasteiger partial charge in [0.15, 0.2) is 5.79 Å². The summed E-state index contributed by atoms with van der Waals surface area (Å²) in [4.78, 5) is 18.8. The van der Waals surface area contributed by atoms with Gasteiger partial charge in [-0.2, -0.15) is 0 Å². The summed E-state index contributed by atoms with van der Waals surface area (Å²) in [7, 11) is 0. The van der Waals surface area contributed by atoms with Crippen molar-refractivity contribution in [2.45, 2.75) is 38.9 Å². The largest absolute Gasteiger partial charge is 0.385 e. The van der Waals surface area contributed by atoms with Gasteiger partial charge in [0.2, 0.25) is 0 Å². The lowest BCUT2D eigenvalue weighted by Crippen LogP contribution is -2.47. The number of nitrogens with zero attached hydrogens (tertiary/aromatic N) is 2. The van der Waals surface area contributed by atoms with E-state index in [2.05, 4.69) is 24.1 Å². The molecule has 1 spiro atoms. The number of anilines is 1. The molecule has 1 amide bonds. The summed E-state index contributed by atoms with van der Waals surface area (Å²) in [5, 5.41) is 3.36. The van der Waals surface area contributed by atoms with E-state index in [1.54, 1.807) is 6.20 Å². The molecular weight excluding hydrogens is 306 g/mol. The molecule has 6 nitrogen and oxygen atoms in total. The maximum Gasteiger partial charge on any atom is 0.272 e. The summed E-state index contributed by atoms with van der Waals surface area (Å²) in [5.74, 6) is 0.182. The van der Waals surface area contributed by atoms with Gasteiger partial charge in [-0.05, 0) is 24.5 Å². The van der Waals surface area contributed by atoms with Crippen molar-refractivity contribution in [3.05, 3.63) is 24.0 Å². The van der Waals surface area contributed by atoms with Crippen LogP contribution in [0.4, 0.5) is 5.69 Å². The maximum atomic E-state index is 12.7. The molecule has 0 saturated carbocycles. The van der Waals surface area contributed by atoms with E-state index in [0.717, 1.165) is 31.5 Å². The van der Waals surface area contributed by atoms with Crippen LogP contribution in [-0.4, -0.2) is 54.4 Å². The minimum atomic E-state index is -0.454. The van der Waals surface area contributed by atoms with Crippen molar-refractivity contribution >= 4 is 11.6 Å². The zero-order valence-electron chi connectivity index (χ0n) is 14.6. The van der Waals surface area contributed by atoms with Crippen LogP contribution in [0.2, 0.25) is 0 Å². The second kappa shape index (κ2) is 7.49. The zero-order chi connectivity index (χ0) is 17.0. The molecular formula is C18H27N3O3. The van der Waals surface area contributed by atoms with Gasteiger partial charge in [-0.25, -0.2) is 0 Å². The molecule has 0 radical (unpaired) electrons. The first-order valence-electron chi connectivity index (χ1n) is 8.85. The molecule has 0 aromatic carbocycles. The van der Waals surface area contributed by atoms with Crippen molar-refractivity contribution in [1.29, 1.82) is 0 Å². The fourth-order valence-corrected chi connectivity index (χ4v) is 3.16. The summed E-state index contributed by atoms with van der Waals surface area (Å²) in [6.45, 7) is 7.89. The first-order valence-corrected chi connectivity index (χ1v) is 8.85. The van der Waals surface area contributed by atoms with Crippen LogP contribution < -0.4 is 5.32 Å². The number of rotatable bonds is 5. The highest BCUT2D eigenvalue weighted by atomic mass is 16.7. The molecule has 0 aliphatic carbocycles. The predicted octanol–water partition coefficient (Wildman–Crippen LogP) is 2.52. The molecule has 2 fully saturated rings. The quantitative estimate of drug-likeness (QED) is 0.897. The molecule has 0 bridgehead atoms. The normalized spacial score (nSPS) is 19.9. The Labute approximate surface area is 143 Å². The SMILES string of the molecule is CC(C)CCNc1ccnc(C(=O)N2CCC3(CC2)OCCO3)c1. The number of amides is 1. The Bertz CT molecular complexity index is 560. The summed E-state index contributed by atoms with van der Waals surface area (Å²) < 4.78 is 11.4. The van der Waals surface area contributed by atoms with Gasteiger partial charge in [-0.1, -0.05) is 13.8 Å². The average molecular weight is 333 g/mol. The van der Waals surface area contributed by atoms with E-state index in [9.17, 15) is 4.79 Å². The predicted molar refractivity (Wildman–Crippen MR) is 92.0 cm³/mol. The van der Waals surface area contributed by atoms with Gasteiger partial charge in [-0.3, -0.25) is 9.78 Å².